The standard InChI is InChI=1S/C6H11F2N/c1-5-2-9(3-5)4-6(7)8/h5-6H,2-4H2,1H3. The van der Waals surface area contributed by atoms with Gasteiger partial charge in [-0.3, -0.25) is 4.90 Å². The Labute approximate surface area is 53.6 Å². The van der Waals surface area contributed by atoms with Gasteiger partial charge in [0.1, 0.15) is 0 Å². The fraction of sp³-hybridized carbons (Fsp3) is 1.00. The van der Waals surface area contributed by atoms with Crippen LogP contribution in [0.4, 0.5) is 8.78 Å². The van der Waals surface area contributed by atoms with Crippen LogP contribution < -0.4 is 0 Å². The lowest BCUT2D eigenvalue weighted by molar-refractivity contribution is 0.0310. The number of halogens is 2. The van der Waals surface area contributed by atoms with Crippen LogP contribution in [-0.4, -0.2) is 31.0 Å². The molecule has 0 amide bonds. The Bertz CT molecular complexity index is 89.1. The van der Waals surface area contributed by atoms with Crippen LogP contribution in [0, 0.1) is 5.92 Å². The van der Waals surface area contributed by atoms with Crippen molar-refractivity contribution in [3.63, 3.8) is 0 Å². The first-order valence-electron chi connectivity index (χ1n) is 3.19. The van der Waals surface area contributed by atoms with E-state index in [0.717, 1.165) is 13.1 Å². The molecular weight excluding hydrogens is 124 g/mol. The highest BCUT2D eigenvalue weighted by molar-refractivity contribution is 4.75. The van der Waals surface area contributed by atoms with Crippen molar-refractivity contribution in [1.29, 1.82) is 0 Å². The molecule has 0 N–H and O–H groups in total. The Morgan fingerprint density at radius 1 is 1.56 bits per heavy atom. The van der Waals surface area contributed by atoms with Crippen LogP contribution >= 0.6 is 0 Å². The molecule has 1 aliphatic rings. The van der Waals surface area contributed by atoms with Gasteiger partial charge < -0.3 is 0 Å². The van der Waals surface area contributed by atoms with Gasteiger partial charge in [-0.15, -0.1) is 0 Å². The molecule has 0 atom stereocenters. The summed E-state index contributed by atoms with van der Waals surface area (Å²) in [6.07, 6.45) is -2.16. The van der Waals surface area contributed by atoms with E-state index in [4.69, 9.17) is 0 Å². The van der Waals surface area contributed by atoms with E-state index in [1.165, 1.54) is 0 Å². The molecule has 9 heavy (non-hydrogen) atoms. The van der Waals surface area contributed by atoms with E-state index >= 15 is 0 Å². The Kier molecular flexibility index (Phi) is 2.01. The predicted octanol–water partition coefficient (Wildman–Crippen LogP) is 1.20. The summed E-state index contributed by atoms with van der Waals surface area (Å²) in [5, 5.41) is 0. The minimum absolute atomic E-state index is 0.0374. The molecule has 3 heteroatoms. The highest BCUT2D eigenvalue weighted by Gasteiger charge is 2.24. The lowest BCUT2D eigenvalue weighted by atomic mass is 10.0. The van der Waals surface area contributed by atoms with E-state index in [9.17, 15) is 8.78 Å². The first kappa shape index (κ1) is 6.93. The molecule has 1 fully saturated rings. The van der Waals surface area contributed by atoms with Crippen LogP contribution in [0.15, 0.2) is 0 Å². The Morgan fingerprint density at radius 3 is 2.44 bits per heavy atom. The van der Waals surface area contributed by atoms with Crippen LogP contribution in [0.2, 0.25) is 0 Å². The summed E-state index contributed by atoms with van der Waals surface area (Å²) in [6, 6.07) is 0. The molecule has 1 saturated heterocycles. The maximum atomic E-state index is 11.6. The number of hydrogen-bond donors (Lipinski definition) is 0. The average Bonchev–Trinajstić information content (AvgIpc) is 1.60. The SMILES string of the molecule is CC1CN(CC(F)F)C1. The van der Waals surface area contributed by atoms with E-state index in [0.29, 0.717) is 5.92 Å². The molecule has 0 saturated carbocycles. The van der Waals surface area contributed by atoms with Gasteiger partial charge in [-0.1, -0.05) is 6.92 Å². The summed E-state index contributed by atoms with van der Waals surface area (Å²) in [4.78, 5) is 1.77. The summed E-state index contributed by atoms with van der Waals surface area (Å²) < 4.78 is 23.2. The summed E-state index contributed by atoms with van der Waals surface area (Å²) >= 11 is 0. The van der Waals surface area contributed by atoms with E-state index < -0.39 is 6.43 Å². The largest absolute Gasteiger partial charge is 0.297 e. The van der Waals surface area contributed by atoms with Crippen molar-refractivity contribution >= 4 is 0 Å². The second-order valence-electron chi connectivity index (χ2n) is 2.71. The van der Waals surface area contributed by atoms with Crippen molar-refractivity contribution < 1.29 is 8.78 Å². The van der Waals surface area contributed by atoms with Crippen LogP contribution in [0.25, 0.3) is 0 Å². The quantitative estimate of drug-likeness (QED) is 0.550. The second kappa shape index (κ2) is 2.60. The van der Waals surface area contributed by atoms with E-state index in [2.05, 4.69) is 6.92 Å². The molecule has 0 aliphatic carbocycles. The number of likely N-dealkylation sites (tertiary alicyclic amines) is 1. The molecular formula is C6H11F2N. The van der Waals surface area contributed by atoms with Crippen LogP contribution in [-0.2, 0) is 0 Å². The molecule has 1 nitrogen and oxygen atoms in total. The van der Waals surface area contributed by atoms with E-state index in [-0.39, 0.29) is 6.54 Å². The normalized spacial score (nSPS) is 22.7. The zero-order valence-corrected chi connectivity index (χ0v) is 5.48. The Morgan fingerprint density at radius 2 is 2.11 bits per heavy atom. The van der Waals surface area contributed by atoms with Gasteiger partial charge in [0.25, 0.3) is 6.43 Å². The monoisotopic (exact) mass is 135 g/mol. The molecule has 1 aliphatic heterocycles. The molecule has 1 heterocycles. The molecule has 0 aromatic rings. The highest BCUT2D eigenvalue weighted by atomic mass is 19.3. The van der Waals surface area contributed by atoms with Gasteiger partial charge in [-0.25, -0.2) is 8.78 Å². The van der Waals surface area contributed by atoms with Crippen LogP contribution in [0.1, 0.15) is 6.92 Å². The van der Waals surface area contributed by atoms with Crippen molar-refractivity contribution in [3.05, 3.63) is 0 Å². The van der Waals surface area contributed by atoms with Gasteiger partial charge >= 0.3 is 0 Å². The molecule has 0 radical (unpaired) electrons. The van der Waals surface area contributed by atoms with Crippen molar-refractivity contribution in [3.8, 4) is 0 Å². The number of alkyl halides is 2. The fourth-order valence-corrected chi connectivity index (χ4v) is 1.17. The zero-order chi connectivity index (χ0) is 6.85. The minimum Gasteiger partial charge on any atom is -0.297 e. The lowest BCUT2D eigenvalue weighted by Crippen LogP contribution is -2.47. The lowest BCUT2D eigenvalue weighted by Gasteiger charge is -2.36. The third-order valence-corrected chi connectivity index (χ3v) is 1.54. The van der Waals surface area contributed by atoms with Crippen LogP contribution in [0.3, 0.4) is 0 Å². The molecule has 0 aromatic heterocycles. The molecule has 1 rings (SSSR count). The highest BCUT2D eigenvalue weighted by Crippen LogP contribution is 2.14. The Balaban J connectivity index is 2.04. The maximum absolute atomic E-state index is 11.6. The van der Waals surface area contributed by atoms with Crippen molar-refractivity contribution in [2.24, 2.45) is 5.92 Å². The number of nitrogens with zero attached hydrogens (tertiary/aromatic N) is 1. The third-order valence-electron chi connectivity index (χ3n) is 1.54. The third kappa shape index (κ3) is 1.90. The first-order valence-corrected chi connectivity index (χ1v) is 3.19. The maximum Gasteiger partial charge on any atom is 0.251 e. The topological polar surface area (TPSA) is 3.24 Å². The zero-order valence-electron chi connectivity index (χ0n) is 5.48. The smallest absolute Gasteiger partial charge is 0.251 e. The second-order valence-corrected chi connectivity index (χ2v) is 2.71. The van der Waals surface area contributed by atoms with Crippen molar-refractivity contribution in [1.82, 2.24) is 4.90 Å². The molecule has 0 unspecified atom stereocenters. The predicted molar refractivity (Wildman–Crippen MR) is 31.6 cm³/mol. The van der Waals surface area contributed by atoms with Crippen molar-refractivity contribution in [2.45, 2.75) is 13.3 Å². The van der Waals surface area contributed by atoms with Gasteiger partial charge in [0.2, 0.25) is 0 Å². The van der Waals surface area contributed by atoms with Crippen molar-refractivity contribution in [2.75, 3.05) is 19.6 Å². The van der Waals surface area contributed by atoms with Gasteiger partial charge in [0, 0.05) is 13.1 Å². The van der Waals surface area contributed by atoms with Gasteiger partial charge in [-0.05, 0) is 5.92 Å². The van der Waals surface area contributed by atoms with Crippen LogP contribution in [0.5, 0.6) is 0 Å². The van der Waals surface area contributed by atoms with Gasteiger partial charge in [0.15, 0.2) is 0 Å². The summed E-state index contributed by atoms with van der Waals surface area (Å²) in [7, 11) is 0. The number of hydrogen-bond acceptors (Lipinski definition) is 1. The van der Waals surface area contributed by atoms with Gasteiger partial charge in [-0.2, -0.15) is 0 Å². The first-order chi connectivity index (χ1) is 4.18. The van der Waals surface area contributed by atoms with E-state index in [1.54, 1.807) is 4.90 Å². The summed E-state index contributed by atoms with van der Waals surface area (Å²) in [5.41, 5.74) is 0. The molecule has 0 aromatic carbocycles. The summed E-state index contributed by atoms with van der Waals surface area (Å²) in [5.74, 6) is 0.628. The Hall–Kier alpha value is -0.180. The molecule has 0 spiro atoms. The average molecular weight is 135 g/mol. The van der Waals surface area contributed by atoms with Gasteiger partial charge in [0.05, 0.1) is 6.54 Å². The molecule has 54 valence electrons. The molecule has 0 bridgehead atoms. The summed E-state index contributed by atoms with van der Waals surface area (Å²) in [6.45, 7) is 3.74. The minimum atomic E-state index is -2.16. The number of rotatable bonds is 2. The fourth-order valence-electron chi connectivity index (χ4n) is 1.17. The van der Waals surface area contributed by atoms with E-state index in [1.807, 2.05) is 0 Å².